The summed E-state index contributed by atoms with van der Waals surface area (Å²) in [7, 11) is 0. The van der Waals surface area contributed by atoms with E-state index in [1.165, 1.54) is 0 Å². The van der Waals surface area contributed by atoms with Gasteiger partial charge in [0.1, 0.15) is 0 Å². The van der Waals surface area contributed by atoms with Gasteiger partial charge in [-0.1, -0.05) is 0 Å². The zero-order valence-corrected chi connectivity index (χ0v) is 15.8. The van der Waals surface area contributed by atoms with E-state index in [9.17, 15) is 0 Å². The van der Waals surface area contributed by atoms with Gasteiger partial charge in [-0.3, -0.25) is 0 Å². The molecule has 0 aliphatic carbocycles. The third-order valence-electron chi connectivity index (χ3n) is 2.39. The van der Waals surface area contributed by atoms with Crippen molar-refractivity contribution in [3.05, 3.63) is 73.9 Å². The standard InChI is InChI=1S/C7H7O.3C3H5O.Hf/c8-6-7-4-2-1-3-5-7;3*1-2-3-4;/h1-5H,6H2;3*2H,1,3H2;/q4*-1;+4. The number of benzene rings is 1. The quantitative estimate of drug-likeness (QED) is 0.355. The van der Waals surface area contributed by atoms with Crippen molar-refractivity contribution >= 4 is 0 Å². The molecule has 0 N–H and O–H groups in total. The molecule has 0 aliphatic rings. The normalized spacial score (nSPS) is 11.0. The molecule has 0 atom stereocenters. The van der Waals surface area contributed by atoms with Crippen molar-refractivity contribution in [3.8, 4) is 0 Å². The molecule has 1 aromatic rings. The molecule has 0 fully saturated rings. The molecular weight excluding hydrogens is 435 g/mol. The van der Waals surface area contributed by atoms with Crippen LogP contribution < -0.4 is 0 Å². The van der Waals surface area contributed by atoms with Gasteiger partial charge in [-0.2, -0.15) is 0 Å². The molecule has 0 spiro atoms. The Bertz CT molecular complexity index is 402. The van der Waals surface area contributed by atoms with Gasteiger partial charge >= 0.3 is 133 Å². The SMILES string of the molecule is C=CC[O][Hf]([O]CC=C)([O]CC=C)[O]Cc1ccccc1. The molecule has 0 aromatic heterocycles. The Kier molecular flexibility index (Phi) is 9.37. The van der Waals surface area contributed by atoms with E-state index in [0.29, 0.717) is 26.4 Å². The minimum atomic E-state index is -4.25. The van der Waals surface area contributed by atoms with E-state index < -0.39 is 21.7 Å². The molecule has 1 aromatic carbocycles. The van der Waals surface area contributed by atoms with Crippen molar-refractivity contribution in [3.63, 3.8) is 0 Å². The molecule has 0 amide bonds. The maximum atomic E-state index is 5.93. The van der Waals surface area contributed by atoms with Crippen LogP contribution in [0, 0.1) is 0 Å². The Morgan fingerprint density at radius 2 is 1.24 bits per heavy atom. The van der Waals surface area contributed by atoms with Gasteiger partial charge < -0.3 is 0 Å². The van der Waals surface area contributed by atoms with E-state index >= 15 is 0 Å². The van der Waals surface area contributed by atoms with E-state index in [-0.39, 0.29) is 0 Å². The van der Waals surface area contributed by atoms with Crippen molar-refractivity contribution in [2.45, 2.75) is 6.61 Å². The van der Waals surface area contributed by atoms with Gasteiger partial charge in [0.15, 0.2) is 0 Å². The second-order valence-corrected chi connectivity index (χ2v) is 11.8. The van der Waals surface area contributed by atoms with Crippen molar-refractivity contribution < 1.29 is 33.1 Å². The third-order valence-corrected chi connectivity index (χ3v) is 9.79. The van der Waals surface area contributed by atoms with Gasteiger partial charge in [0, 0.05) is 0 Å². The second kappa shape index (κ2) is 10.8. The molecule has 0 heterocycles. The van der Waals surface area contributed by atoms with E-state index in [1.54, 1.807) is 18.2 Å². The molecule has 114 valence electrons. The number of rotatable bonds is 12. The second-order valence-electron chi connectivity index (χ2n) is 4.07. The average Bonchev–Trinajstić information content (AvgIpc) is 2.54. The van der Waals surface area contributed by atoms with Crippen molar-refractivity contribution in [2.24, 2.45) is 0 Å². The summed E-state index contributed by atoms with van der Waals surface area (Å²) < 4.78 is 23.2. The zero-order chi connectivity index (χ0) is 15.4. The van der Waals surface area contributed by atoms with Crippen LogP contribution in [0.5, 0.6) is 0 Å². The average molecular weight is 457 g/mol. The monoisotopic (exact) mass is 458 g/mol. The van der Waals surface area contributed by atoms with Gasteiger partial charge in [-0.15, -0.1) is 0 Å². The van der Waals surface area contributed by atoms with E-state index in [4.69, 9.17) is 11.4 Å². The van der Waals surface area contributed by atoms with Crippen molar-refractivity contribution in [1.29, 1.82) is 0 Å². The molecule has 0 bridgehead atoms. The Balaban J connectivity index is 2.76. The van der Waals surface area contributed by atoms with Crippen LogP contribution in [0.25, 0.3) is 0 Å². The van der Waals surface area contributed by atoms with Gasteiger partial charge in [-0.25, -0.2) is 0 Å². The van der Waals surface area contributed by atoms with Crippen LogP contribution >= 0.6 is 0 Å². The van der Waals surface area contributed by atoms with Crippen LogP contribution in [0.3, 0.4) is 0 Å². The van der Waals surface area contributed by atoms with Gasteiger partial charge in [0.2, 0.25) is 0 Å². The summed E-state index contributed by atoms with van der Waals surface area (Å²) in [4.78, 5) is 0. The first-order valence-electron chi connectivity index (χ1n) is 6.68. The summed E-state index contributed by atoms with van der Waals surface area (Å²) in [5.41, 5.74) is 1.04. The molecule has 0 aliphatic heterocycles. The van der Waals surface area contributed by atoms with Crippen LogP contribution in [0.2, 0.25) is 0 Å². The van der Waals surface area contributed by atoms with Crippen LogP contribution in [-0.2, 0) is 39.7 Å². The third kappa shape index (κ3) is 7.11. The minimum absolute atomic E-state index is 0.324. The summed E-state index contributed by atoms with van der Waals surface area (Å²) in [5.74, 6) is 0. The van der Waals surface area contributed by atoms with Gasteiger partial charge in [0.25, 0.3) is 0 Å². The van der Waals surface area contributed by atoms with E-state index in [2.05, 4.69) is 19.7 Å². The number of hydrogen-bond acceptors (Lipinski definition) is 4. The van der Waals surface area contributed by atoms with Crippen LogP contribution in [0.15, 0.2) is 68.3 Å². The molecule has 0 unspecified atom stereocenters. The Hall–Kier alpha value is -0.850. The summed E-state index contributed by atoms with van der Waals surface area (Å²) >= 11 is -4.25. The zero-order valence-electron chi connectivity index (χ0n) is 12.2. The molecule has 5 heteroatoms. The maximum absolute atomic E-state index is 5.93. The van der Waals surface area contributed by atoms with Crippen LogP contribution in [0.4, 0.5) is 0 Å². The Labute approximate surface area is 133 Å². The Morgan fingerprint density at radius 3 is 1.67 bits per heavy atom. The first kappa shape index (κ1) is 18.2. The van der Waals surface area contributed by atoms with Crippen molar-refractivity contribution in [1.82, 2.24) is 0 Å². The first-order chi connectivity index (χ1) is 10.3. The molecule has 0 saturated heterocycles. The van der Waals surface area contributed by atoms with E-state index in [0.717, 1.165) is 5.56 Å². The summed E-state index contributed by atoms with van der Waals surface area (Å²) in [6.07, 6.45) is 4.94. The first-order valence-corrected chi connectivity index (χ1v) is 12.6. The fourth-order valence-corrected chi connectivity index (χ4v) is 7.98. The van der Waals surface area contributed by atoms with Gasteiger partial charge in [0.05, 0.1) is 0 Å². The van der Waals surface area contributed by atoms with Gasteiger partial charge in [-0.05, 0) is 0 Å². The van der Waals surface area contributed by atoms with Crippen LogP contribution in [0.1, 0.15) is 5.56 Å². The fraction of sp³-hybridized carbons (Fsp3) is 0.250. The van der Waals surface area contributed by atoms with Crippen molar-refractivity contribution in [2.75, 3.05) is 19.8 Å². The fourth-order valence-electron chi connectivity index (χ4n) is 1.48. The summed E-state index contributed by atoms with van der Waals surface area (Å²) in [6.45, 7) is 12.3. The summed E-state index contributed by atoms with van der Waals surface area (Å²) in [5, 5.41) is 0. The van der Waals surface area contributed by atoms with Crippen LogP contribution in [-0.4, -0.2) is 19.8 Å². The van der Waals surface area contributed by atoms with E-state index in [1.807, 2.05) is 30.3 Å². The summed E-state index contributed by atoms with van der Waals surface area (Å²) in [6, 6.07) is 9.83. The molecule has 1 rings (SSSR count). The number of hydrogen-bond donors (Lipinski definition) is 0. The molecule has 21 heavy (non-hydrogen) atoms. The Morgan fingerprint density at radius 1 is 0.762 bits per heavy atom. The molecular formula is C16H22HfO4. The molecule has 0 saturated carbocycles. The molecule has 4 nitrogen and oxygen atoms in total. The predicted molar refractivity (Wildman–Crippen MR) is 79.7 cm³/mol. The topological polar surface area (TPSA) is 36.9 Å². The predicted octanol–water partition coefficient (Wildman–Crippen LogP) is 3.62. The molecule has 0 radical (unpaired) electrons.